The van der Waals surface area contributed by atoms with Gasteiger partial charge >= 0.3 is 0 Å². The van der Waals surface area contributed by atoms with Crippen molar-refractivity contribution in [2.75, 3.05) is 31.8 Å². The van der Waals surface area contributed by atoms with Crippen molar-refractivity contribution in [3.63, 3.8) is 0 Å². The van der Waals surface area contributed by atoms with E-state index in [0.717, 1.165) is 12.4 Å². The number of nitrogens with zero attached hydrogens (tertiary/aromatic N) is 3. The summed E-state index contributed by atoms with van der Waals surface area (Å²) >= 11 is 5.84. The van der Waals surface area contributed by atoms with Gasteiger partial charge in [0.2, 0.25) is 11.2 Å². The highest BCUT2D eigenvalue weighted by molar-refractivity contribution is 6.28. The molecular weight excluding hydrogens is 230 g/mol. The predicted octanol–water partition coefficient (Wildman–Crippen LogP) is 1.36. The zero-order chi connectivity index (χ0) is 11.5. The molecule has 1 aromatic heterocycles. The second-order valence-corrected chi connectivity index (χ2v) is 3.99. The quantitative estimate of drug-likeness (QED) is 0.734. The summed E-state index contributed by atoms with van der Waals surface area (Å²) in [6.45, 7) is 4.29. The second kappa shape index (κ2) is 4.84. The molecule has 1 aliphatic heterocycles. The first kappa shape index (κ1) is 11.4. The zero-order valence-corrected chi connectivity index (χ0v) is 10.1. The van der Waals surface area contributed by atoms with Crippen molar-refractivity contribution in [3.05, 3.63) is 11.3 Å². The Bertz CT molecular complexity index is 375. The second-order valence-electron chi connectivity index (χ2n) is 3.65. The Morgan fingerprint density at radius 3 is 3.06 bits per heavy atom. The van der Waals surface area contributed by atoms with Crippen LogP contribution in [0.5, 0.6) is 5.88 Å². The largest absolute Gasteiger partial charge is 0.481 e. The average molecular weight is 244 g/mol. The highest BCUT2D eigenvalue weighted by atomic mass is 35.5. The molecule has 5 nitrogen and oxygen atoms in total. The van der Waals surface area contributed by atoms with Crippen molar-refractivity contribution in [2.45, 2.75) is 13.0 Å². The fourth-order valence-corrected chi connectivity index (χ4v) is 1.87. The molecule has 2 rings (SSSR count). The number of morpholine rings is 1. The smallest absolute Gasteiger partial charge is 0.227 e. The van der Waals surface area contributed by atoms with E-state index in [9.17, 15) is 0 Å². The number of ether oxygens (including phenoxy) is 2. The summed E-state index contributed by atoms with van der Waals surface area (Å²) in [5.74, 6) is 1.27. The maximum atomic E-state index is 5.84. The SMILES string of the molecule is COc1cc(N2CCOC[C@H]2C)nc(Cl)n1. The van der Waals surface area contributed by atoms with Gasteiger partial charge in [-0.15, -0.1) is 0 Å². The van der Waals surface area contributed by atoms with Gasteiger partial charge in [-0.25, -0.2) is 4.98 Å². The fourth-order valence-electron chi connectivity index (χ4n) is 1.70. The number of aromatic nitrogens is 2. The number of halogens is 1. The molecule has 0 aliphatic carbocycles. The first-order chi connectivity index (χ1) is 7.70. The number of hydrogen-bond acceptors (Lipinski definition) is 5. The summed E-state index contributed by atoms with van der Waals surface area (Å²) < 4.78 is 10.4. The van der Waals surface area contributed by atoms with E-state index >= 15 is 0 Å². The summed E-state index contributed by atoms with van der Waals surface area (Å²) in [6.07, 6.45) is 0. The molecule has 16 heavy (non-hydrogen) atoms. The van der Waals surface area contributed by atoms with Crippen LogP contribution in [0.4, 0.5) is 5.82 Å². The van der Waals surface area contributed by atoms with Crippen LogP contribution in [0.1, 0.15) is 6.92 Å². The van der Waals surface area contributed by atoms with Gasteiger partial charge in [0, 0.05) is 12.6 Å². The highest BCUT2D eigenvalue weighted by Gasteiger charge is 2.21. The molecular formula is C10H14ClN3O2. The number of anilines is 1. The highest BCUT2D eigenvalue weighted by Crippen LogP contribution is 2.22. The van der Waals surface area contributed by atoms with Crippen LogP contribution in [-0.2, 0) is 4.74 Å². The Balaban J connectivity index is 2.27. The Kier molecular flexibility index (Phi) is 3.46. The van der Waals surface area contributed by atoms with Crippen LogP contribution >= 0.6 is 11.6 Å². The first-order valence-electron chi connectivity index (χ1n) is 5.13. The van der Waals surface area contributed by atoms with Gasteiger partial charge in [0.15, 0.2) is 0 Å². The van der Waals surface area contributed by atoms with Crippen LogP contribution in [0.15, 0.2) is 6.07 Å². The molecule has 0 radical (unpaired) electrons. The molecule has 1 fully saturated rings. The molecule has 6 heteroatoms. The average Bonchev–Trinajstić information content (AvgIpc) is 2.28. The van der Waals surface area contributed by atoms with Crippen LogP contribution in [0.2, 0.25) is 5.28 Å². The minimum Gasteiger partial charge on any atom is -0.481 e. The Morgan fingerprint density at radius 1 is 1.56 bits per heavy atom. The van der Waals surface area contributed by atoms with E-state index in [2.05, 4.69) is 21.8 Å². The lowest BCUT2D eigenvalue weighted by atomic mass is 10.2. The molecule has 0 N–H and O–H groups in total. The third-order valence-corrected chi connectivity index (χ3v) is 2.70. The third-order valence-electron chi connectivity index (χ3n) is 2.53. The predicted molar refractivity (Wildman–Crippen MR) is 61.2 cm³/mol. The van der Waals surface area contributed by atoms with Gasteiger partial charge in [-0.3, -0.25) is 0 Å². The molecule has 0 bridgehead atoms. The van der Waals surface area contributed by atoms with Crippen LogP contribution in [-0.4, -0.2) is 42.9 Å². The van der Waals surface area contributed by atoms with E-state index in [1.54, 1.807) is 13.2 Å². The van der Waals surface area contributed by atoms with E-state index in [1.807, 2.05) is 0 Å². The van der Waals surface area contributed by atoms with Gasteiger partial charge in [-0.05, 0) is 18.5 Å². The van der Waals surface area contributed by atoms with Gasteiger partial charge in [-0.2, -0.15) is 4.98 Å². The summed E-state index contributed by atoms with van der Waals surface area (Å²) in [4.78, 5) is 10.3. The summed E-state index contributed by atoms with van der Waals surface area (Å²) in [5.41, 5.74) is 0. The Morgan fingerprint density at radius 2 is 2.38 bits per heavy atom. The number of methoxy groups -OCH3 is 1. The van der Waals surface area contributed by atoms with Crippen LogP contribution in [0.25, 0.3) is 0 Å². The summed E-state index contributed by atoms with van der Waals surface area (Å²) in [5, 5.41) is 0.202. The molecule has 0 unspecified atom stereocenters. The molecule has 88 valence electrons. The van der Waals surface area contributed by atoms with E-state index in [-0.39, 0.29) is 11.3 Å². The van der Waals surface area contributed by atoms with E-state index in [4.69, 9.17) is 21.1 Å². The lowest BCUT2D eigenvalue weighted by molar-refractivity contribution is 0.0985. The maximum Gasteiger partial charge on any atom is 0.227 e. The van der Waals surface area contributed by atoms with Gasteiger partial charge < -0.3 is 14.4 Å². The molecule has 1 aromatic rings. The van der Waals surface area contributed by atoms with Crippen LogP contribution in [0, 0.1) is 0 Å². The first-order valence-corrected chi connectivity index (χ1v) is 5.51. The van der Waals surface area contributed by atoms with Crippen molar-refractivity contribution < 1.29 is 9.47 Å². The van der Waals surface area contributed by atoms with Crippen LogP contribution in [0.3, 0.4) is 0 Å². The minimum absolute atomic E-state index is 0.202. The maximum absolute atomic E-state index is 5.84. The monoisotopic (exact) mass is 243 g/mol. The number of rotatable bonds is 2. The Labute approximate surface area is 99.3 Å². The molecule has 0 amide bonds. The standard InChI is InChI=1S/C10H14ClN3O2/c1-7-6-16-4-3-14(7)8-5-9(15-2)13-10(11)12-8/h5,7H,3-4,6H2,1-2H3/t7-/m1/s1. The molecule has 0 spiro atoms. The van der Waals surface area contributed by atoms with E-state index in [0.29, 0.717) is 19.1 Å². The minimum atomic E-state index is 0.202. The Hall–Kier alpha value is -1.07. The van der Waals surface area contributed by atoms with Gasteiger partial charge in [0.25, 0.3) is 0 Å². The number of hydrogen-bond donors (Lipinski definition) is 0. The lowest BCUT2D eigenvalue weighted by Gasteiger charge is -2.34. The fraction of sp³-hybridized carbons (Fsp3) is 0.600. The van der Waals surface area contributed by atoms with Crippen molar-refractivity contribution >= 4 is 17.4 Å². The van der Waals surface area contributed by atoms with Crippen molar-refractivity contribution in [1.29, 1.82) is 0 Å². The molecule has 0 saturated carbocycles. The van der Waals surface area contributed by atoms with Gasteiger partial charge in [-0.1, -0.05) is 0 Å². The van der Waals surface area contributed by atoms with Crippen LogP contribution < -0.4 is 9.64 Å². The molecule has 1 aliphatic rings. The van der Waals surface area contributed by atoms with Gasteiger partial charge in [0.1, 0.15) is 5.82 Å². The van der Waals surface area contributed by atoms with Gasteiger partial charge in [0.05, 0.1) is 26.4 Å². The van der Waals surface area contributed by atoms with Crippen molar-refractivity contribution in [1.82, 2.24) is 9.97 Å². The normalized spacial score (nSPS) is 20.9. The summed E-state index contributed by atoms with van der Waals surface area (Å²) in [6, 6.07) is 2.07. The van der Waals surface area contributed by atoms with Crippen molar-refractivity contribution in [3.8, 4) is 5.88 Å². The lowest BCUT2D eigenvalue weighted by Crippen LogP contribution is -2.44. The van der Waals surface area contributed by atoms with E-state index < -0.39 is 0 Å². The molecule has 1 saturated heterocycles. The third kappa shape index (κ3) is 2.36. The van der Waals surface area contributed by atoms with Crippen molar-refractivity contribution in [2.24, 2.45) is 0 Å². The topological polar surface area (TPSA) is 47.5 Å². The molecule has 0 aromatic carbocycles. The summed E-state index contributed by atoms with van der Waals surface area (Å²) in [7, 11) is 1.56. The van der Waals surface area contributed by atoms with E-state index in [1.165, 1.54) is 0 Å². The molecule has 1 atom stereocenters. The molecule has 2 heterocycles. The zero-order valence-electron chi connectivity index (χ0n) is 9.31.